The Balaban J connectivity index is 1.86. The van der Waals surface area contributed by atoms with Crippen molar-refractivity contribution in [2.24, 2.45) is 0 Å². The molecule has 9 nitrogen and oxygen atoms in total. The number of alkyl halides is 3. The van der Waals surface area contributed by atoms with Gasteiger partial charge >= 0.3 is 12.1 Å². The van der Waals surface area contributed by atoms with Crippen molar-refractivity contribution in [2.75, 3.05) is 29.6 Å². The summed E-state index contributed by atoms with van der Waals surface area (Å²) in [6, 6.07) is 0.882. The molecule has 0 bridgehead atoms. The van der Waals surface area contributed by atoms with Gasteiger partial charge in [-0.1, -0.05) is 12.8 Å². The molecule has 0 spiro atoms. The third-order valence-electron chi connectivity index (χ3n) is 5.52. The lowest BCUT2D eigenvalue weighted by Gasteiger charge is -2.31. The van der Waals surface area contributed by atoms with Crippen molar-refractivity contribution in [3.05, 3.63) is 11.8 Å². The van der Waals surface area contributed by atoms with E-state index in [0.717, 1.165) is 12.5 Å². The zero-order chi connectivity index (χ0) is 22.8. The first-order valence-electron chi connectivity index (χ1n) is 9.90. The number of rotatable bonds is 5. The van der Waals surface area contributed by atoms with Crippen LogP contribution in [0.25, 0.3) is 0 Å². The van der Waals surface area contributed by atoms with Crippen LogP contribution < -0.4 is 10.2 Å². The minimum Gasteiger partial charge on any atom is -0.351 e. The van der Waals surface area contributed by atoms with Crippen LogP contribution >= 0.6 is 0 Å². The number of aromatic nitrogens is 2. The smallest absolute Gasteiger partial charge is 0.351 e. The summed E-state index contributed by atoms with van der Waals surface area (Å²) in [6.07, 6.45) is 0.193. The van der Waals surface area contributed by atoms with E-state index in [-0.39, 0.29) is 23.4 Å². The fourth-order valence-corrected chi connectivity index (χ4v) is 4.83. The van der Waals surface area contributed by atoms with Crippen molar-refractivity contribution >= 4 is 27.7 Å². The van der Waals surface area contributed by atoms with Crippen LogP contribution in [-0.2, 0) is 14.8 Å². The molecule has 0 unspecified atom stereocenters. The zero-order valence-corrected chi connectivity index (χ0v) is 17.7. The number of nitrogens with zero attached hydrogens (tertiary/aromatic N) is 5. The van der Waals surface area contributed by atoms with Gasteiger partial charge in [0.1, 0.15) is 11.6 Å². The molecule has 170 valence electrons. The third kappa shape index (κ3) is 5.43. The lowest BCUT2D eigenvalue weighted by Crippen LogP contribution is -2.47. The molecule has 2 fully saturated rings. The Hall–Kier alpha value is -2.46. The highest BCUT2D eigenvalue weighted by molar-refractivity contribution is 7.88. The first-order valence-corrected chi connectivity index (χ1v) is 11.7. The fraction of sp³-hybridized carbons (Fsp3) is 0.667. The normalized spacial score (nSPS) is 19.2. The fourth-order valence-electron chi connectivity index (χ4n) is 3.95. The van der Waals surface area contributed by atoms with Gasteiger partial charge in [0.2, 0.25) is 16.0 Å². The molecule has 13 heteroatoms. The summed E-state index contributed by atoms with van der Waals surface area (Å²) in [5, 5.41) is 12.4. The molecule has 3 rings (SSSR count). The van der Waals surface area contributed by atoms with Gasteiger partial charge in [0.15, 0.2) is 5.82 Å². The van der Waals surface area contributed by atoms with E-state index >= 15 is 0 Å². The first-order chi connectivity index (χ1) is 14.5. The summed E-state index contributed by atoms with van der Waals surface area (Å²) >= 11 is 0. The van der Waals surface area contributed by atoms with Crippen molar-refractivity contribution in [2.45, 2.75) is 56.8 Å². The molecule has 0 aromatic carbocycles. The van der Waals surface area contributed by atoms with Crippen molar-refractivity contribution in [1.29, 1.82) is 5.26 Å². The maximum Gasteiger partial charge on any atom is 0.471 e. The predicted octanol–water partition coefficient (Wildman–Crippen LogP) is 2.02. The lowest BCUT2D eigenvalue weighted by atomic mass is 10.1. The van der Waals surface area contributed by atoms with Crippen molar-refractivity contribution in [1.82, 2.24) is 14.3 Å². The van der Waals surface area contributed by atoms with E-state index in [1.807, 2.05) is 0 Å². The number of anilines is 2. The van der Waals surface area contributed by atoms with Gasteiger partial charge in [-0.15, -0.1) is 0 Å². The molecule has 1 saturated carbocycles. The summed E-state index contributed by atoms with van der Waals surface area (Å²) in [4.78, 5) is 20.9. The van der Waals surface area contributed by atoms with Crippen LogP contribution in [0.5, 0.6) is 0 Å². The number of nitriles is 1. The number of carbonyl (C=O) groups is 1. The summed E-state index contributed by atoms with van der Waals surface area (Å²) in [5.41, 5.74) is -0.220. The molecular formula is C18H23F3N6O3S. The number of hydrogen-bond acceptors (Lipinski definition) is 7. The minimum atomic E-state index is -5.10. The Morgan fingerprint density at radius 1 is 1.26 bits per heavy atom. The molecule has 1 amide bonds. The van der Waals surface area contributed by atoms with Crippen molar-refractivity contribution in [3.63, 3.8) is 0 Å². The third-order valence-corrected chi connectivity index (χ3v) is 6.83. The van der Waals surface area contributed by atoms with Gasteiger partial charge in [-0.3, -0.25) is 9.69 Å². The molecule has 1 aliphatic carbocycles. The van der Waals surface area contributed by atoms with Crippen LogP contribution in [0.15, 0.2) is 6.20 Å². The molecule has 0 atom stereocenters. The van der Waals surface area contributed by atoms with Gasteiger partial charge in [-0.2, -0.15) is 23.4 Å². The topological polar surface area (TPSA) is 119 Å². The molecule has 1 aromatic heterocycles. The quantitative estimate of drug-likeness (QED) is 0.714. The monoisotopic (exact) mass is 460 g/mol. The van der Waals surface area contributed by atoms with Crippen LogP contribution in [-0.4, -0.2) is 66.2 Å². The molecule has 1 aromatic rings. The Morgan fingerprint density at radius 2 is 1.87 bits per heavy atom. The summed E-state index contributed by atoms with van der Waals surface area (Å²) in [6.45, 7) is 0.584. The number of nitrogens with one attached hydrogen (secondary N) is 1. The second-order valence-electron chi connectivity index (χ2n) is 7.73. The van der Waals surface area contributed by atoms with Gasteiger partial charge < -0.3 is 5.32 Å². The number of amides is 1. The van der Waals surface area contributed by atoms with Gasteiger partial charge in [-0.05, 0) is 25.7 Å². The molecular weight excluding hydrogens is 437 g/mol. The maximum atomic E-state index is 13.3. The Labute approximate surface area is 178 Å². The van der Waals surface area contributed by atoms with E-state index in [1.54, 1.807) is 6.07 Å². The number of carbonyl (C=O) groups excluding carboxylic acids is 1. The van der Waals surface area contributed by atoms with Gasteiger partial charge in [0, 0.05) is 25.2 Å². The molecule has 2 heterocycles. The van der Waals surface area contributed by atoms with Crippen molar-refractivity contribution < 1.29 is 26.4 Å². The van der Waals surface area contributed by atoms with Crippen LogP contribution in [0.1, 0.15) is 44.1 Å². The van der Waals surface area contributed by atoms with E-state index < -0.39 is 28.1 Å². The molecule has 31 heavy (non-hydrogen) atoms. The standard InChI is InChI=1S/C18H23F3N6O3S/c1-31(29,30)26-8-6-13(7-9-26)24-17-23-11-12(10-22)15(25-17)27(14-4-2-3-5-14)16(28)18(19,20)21/h11,13-14H,2-9H2,1H3,(H,23,24,25). The molecule has 1 N–H and O–H groups in total. The first kappa shape index (κ1) is 23.2. The summed E-state index contributed by atoms with van der Waals surface area (Å²) in [7, 11) is -3.29. The van der Waals surface area contributed by atoms with Crippen molar-refractivity contribution in [3.8, 4) is 6.07 Å². The number of sulfonamides is 1. The van der Waals surface area contributed by atoms with E-state index in [0.29, 0.717) is 56.5 Å². The number of piperidine rings is 1. The van der Waals surface area contributed by atoms with Gasteiger partial charge in [-0.25, -0.2) is 17.7 Å². The average molecular weight is 460 g/mol. The van der Waals surface area contributed by atoms with Gasteiger partial charge in [0.05, 0.1) is 12.5 Å². The second kappa shape index (κ2) is 8.96. The number of hydrogen-bond donors (Lipinski definition) is 1. The Kier molecular flexibility index (Phi) is 6.70. The van der Waals surface area contributed by atoms with Gasteiger partial charge in [0.25, 0.3) is 0 Å². The van der Waals surface area contributed by atoms with Crippen LogP contribution in [0.2, 0.25) is 0 Å². The van der Waals surface area contributed by atoms with E-state index in [1.165, 1.54) is 4.31 Å². The largest absolute Gasteiger partial charge is 0.471 e. The van der Waals surface area contributed by atoms with Crippen LogP contribution in [0.4, 0.5) is 24.9 Å². The van der Waals surface area contributed by atoms with E-state index in [2.05, 4.69) is 15.3 Å². The zero-order valence-electron chi connectivity index (χ0n) is 16.9. The van der Waals surface area contributed by atoms with Crippen LogP contribution in [0.3, 0.4) is 0 Å². The highest BCUT2D eigenvalue weighted by atomic mass is 32.2. The number of halogens is 3. The summed E-state index contributed by atoms with van der Waals surface area (Å²) < 4.78 is 64.5. The Bertz CT molecular complexity index is 965. The molecule has 1 aliphatic heterocycles. The Morgan fingerprint density at radius 3 is 2.39 bits per heavy atom. The molecule has 1 saturated heterocycles. The molecule has 0 radical (unpaired) electrons. The van der Waals surface area contributed by atoms with E-state index in [4.69, 9.17) is 0 Å². The highest BCUT2D eigenvalue weighted by Crippen LogP contribution is 2.33. The SMILES string of the molecule is CS(=O)(=O)N1CCC(Nc2ncc(C#N)c(N(C(=O)C(F)(F)F)C3CCCC3)n2)CC1. The maximum absolute atomic E-state index is 13.3. The highest BCUT2D eigenvalue weighted by Gasteiger charge is 2.47. The lowest BCUT2D eigenvalue weighted by molar-refractivity contribution is -0.171. The average Bonchev–Trinajstić information content (AvgIpc) is 3.22. The van der Waals surface area contributed by atoms with Crippen LogP contribution in [0, 0.1) is 11.3 Å². The second-order valence-corrected chi connectivity index (χ2v) is 9.72. The minimum absolute atomic E-state index is 0.00947. The predicted molar refractivity (Wildman–Crippen MR) is 106 cm³/mol. The summed E-state index contributed by atoms with van der Waals surface area (Å²) in [5.74, 6) is -2.42. The van der Waals surface area contributed by atoms with E-state index in [9.17, 15) is 31.6 Å². The molecule has 2 aliphatic rings.